The molecule has 0 radical (unpaired) electrons. The van der Waals surface area contributed by atoms with Crippen LogP contribution in [0.15, 0.2) is 60.7 Å². The van der Waals surface area contributed by atoms with E-state index in [-0.39, 0.29) is 17.1 Å². The van der Waals surface area contributed by atoms with E-state index in [1.165, 1.54) is 18.4 Å². The third kappa shape index (κ3) is 3.44. The molecule has 3 aromatic carbocycles. The zero-order chi connectivity index (χ0) is 24.5. The standard InChI is InChI=1S/C30H29NO4/c1-29(2)14-13-20-15-22(10-12-26(20)35-29)30(3)24-17-19(18-7-8-18)9-11-25(24)31(28(30)34)23-6-4-5-21(16-23)27(32)33/h4-6,9-12,15-18H,7-8,13-14H2,1-3H3,(H,32,33). The molecule has 0 spiro atoms. The molecule has 5 nitrogen and oxygen atoms in total. The number of fused-ring (bicyclic) bond motifs is 2. The lowest BCUT2D eigenvalue weighted by Gasteiger charge is -2.34. The summed E-state index contributed by atoms with van der Waals surface area (Å²) in [6.07, 6.45) is 4.18. The Morgan fingerprint density at radius 1 is 1.03 bits per heavy atom. The third-order valence-corrected chi connectivity index (χ3v) is 7.85. The molecule has 1 amide bonds. The van der Waals surface area contributed by atoms with Gasteiger partial charge >= 0.3 is 5.97 Å². The number of rotatable bonds is 4. The Labute approximate surface area is 205 Å². The summed E-state index contributed by atoms with van der Waals surface area (Å²) in [5, 5.41) is 9.53. The molecule has 2 aliphatic heterocycles. The van der Waals surface area contributed by atoms with Crippen molar-refractivity contribution in [3.63, 3.8) is 0 Å². The molecule has 1 unspecified atom stereocenters. The van der Waals surface area contributed by atoms with Crippen molar-refractivity contribution in [2.24, 2.45) is 0 Å². The number of nitrogens with zero attached hydrogens (tertiary/aromatic N) is 1. The summed E-state index contributed by atoms with van der Waals surface area (Å²) in [5.41, 5.74) is 4.78. The zero-order valence-corrected chi connectivity index (χ0v) is 20.3. The molecule has 5 heteroatoms. The Bertz CT molecular complexity index is 1390. The van der Waals surface area contributed by atoms with Crippen molar-refractivity contribution in [3.8, 4) is 5.75 Å². The normalized spacial score (nSPS) is 22.4. The largest absolute Gasteiger partial charge is 0.488 e. The average molecular weight is 468 g/mol. The van der Waals surface area contributed by atoms with Crippen LogP contribution in [-0.2, 0) is 16.6 Å². The first-order valence-corrected chi connectivity index (χ1v) is 12.3. The third-order valence-electron chi connectivity index (χ3n) is 7.85. The van der Waals surface area contributed by atoms with Crippen LogP contribution in [0.1, 0.15) is 78.6 Å². The van der Waals surface area contributed by atoms with E-state index >= 15 is 0 Å². The SMILES string of the molecule is CC1(C)CCc2cc(C3(C)C(=O)N(c4cccc(C(=O)O)c4)c4ccc(C5CC5)cc43)ccc2O1. The molecule has 6 rings (SSSR count). The van der Waals surface area contributed by atoms with E-state index in [0.717, 1.165) is 41.0 Å². The number of amides is 1. The van der Waals surface area contributed by atoms with Crippen LogP contribution in [-0.4, -0.2) is 22.6 Å². The van der Waals surface area contributed by atoms with Gasteiger partial charge in [0, 0.05) is 5.69 Å². The van der Waals surface area contributed by atoms with Crippen LogP contribution in [0.2, 0.25) is 0 Å². The number of anilines is 2. The van der Waals surface area contributed by atoms with Crippen molar-refractivity contribution in [1.82, 2.24) is 0 Å². The van der Waals surface area contributed by atoms with Gasteiger partial charge in [-0.1, -0.05) is 30.3 Å². The van der Waals surface area contributed by atoms with Crippen molar-refractivity contribution in [2.75, 3.05) is 4.90 Å². The van der Waals surface area contributed by atoms with Crippen LogP contribution >= 0.6 is 0 Å². The average Bonchev–Trinajstić information content (AvgIpc) is 3.66. The second-order valence-electron chi connectivity index (χ2n) is 10.9. The zero-order valence-electron chi connectivity index (χ0n) is 20.3. The van der Waals surface area contributed by atoms with Gasteiger partial charge < -0.3 is 9.84 Å². The summed E-state index contributed by atoms with van der Waals surface area (Å²) in [6, 6.07) is 19.1. The smallest absolute Gasteiger partial charge is 0.335 e. The number of carboxylic acids is 1. The summed E-state index contributed by atoms with van der Waals surface area (Å²) < 4.78 is 6.20. The van der Waals surface area contributed by atoms with Crippen LogP contribution in [0.3, 0.4) is 0 Å². The van der Waals surface area contributed by atoms with Crippen molar-refractivity contribution in [2.45, 2.75) is 63.4 Å². The van der Waals surface area contributed by atoms with Gasteiger partial charge in [-0.3, -0.25) is 9.69 Å². The highest BCUT2D eigenvalue weighted by molar-refractivity contribution is 6.15. The number of hydrogen-bond donors (Lipinski definition) is 1. The maximum Gasteiger partial charge on any atom is 0.335 e. The number of ether oxygens (including phenoxy) is 1. The molecule has 1 aliphatic carbocycles. The van der Waals surface area contributed by atoms with E-state index in [9.17, 15) is 14.7 Å². The lowest BCUT2D eigenvalue weighted by atomic mass is 9.75. The number of hydrogen-bond acceptors (Lipinski definition) is 3. The van der Waals surface area contributed by atoms with Gasteiger partial charge in [-0.15, -0.1) is 0 Å². The first-order valence-electron chi connectivity index (χ1n) is 12.3. The predicted molar refractivity (Wildman–Crippen MR) is 135 cm³/mol. The second-order valence-corrected chi connectivity index (χ2v) is 10.9. The number of carbonyl (C=O) groups excluding carboxylic acids is 1. The van der Waals surface area contributed by atoms with Gasteiger partial charge in [0.25, 0.3) is 0 Å². The van der Waals surface area contributed by atoms with Crippen molar-refractivity contribution >= 4 is 23.3 Å². The topological polar surface area (TPSA) is 66.8 Å². The summed E-state index contributed by atoms with van der Waals surface area (Å²) in [6.45, 7) is 6.20. The van der Waals surface area contributed by atoms with E-state index in [1.807, 2.05) is 25.1 Å². The van der Waals surface area contributed by atoms with Gasteiger partial charge in [-0.05, 0) is 105 Å². The first kappa shape index (κ1) is 21.9. The molecule has 35 heavy (non-hydrogen) atoms. The number of aromatic carboxylic acids is 1. The molecule has 3 aliphatic rings. The molecule has 2 heterocycles. The number of carboxylic acid groups (broad SMARTS) is 1. The monoisotopic (exact) mass is 467 g/mol. The van der Waals surface area contributed by atoms with E-state index in [0.29, 0.717) is 11.6 Å². The summed E-state index contributed by atoms with van der Waals surface area (Å²) >= 11 is 0. The molecule has 178 valence electrons. The van der Waals surface area contributed by atoms with Crippen molar-refractivity contribution in [1.29, 1.82) is 0 Å². The Hall–Kier alpha value is -3.60. The molecule has 3 aromatic rings. The molecule has 1 fully saturated rings. The Morgan fingerprint density at radius 2 is 1.83 bits per heavy atom. The minimum Gasteiger partial charge on any atom is -0.488 e. The van der Waals surface area contributed by atoms with Crippen LogP contribution in [0.25, 0.3) is 0 Å². The van der Waals surface area contributed by atoms with Gasteiger partial charge in [0.15, 0.2) is 0 Å². The highest BCUT2D eigenvalue weighted by Crippen LogP contribution is 2.52. The lowest BCUT2D eigenvalue weighted by Crippen LogP contribution is -2.37. The predicted octanol–water partition coefficient (Wildman–Crippen LogP) is 6.35. The van der Waals surface area contributed by atoms with Crippen molar-refractivity contribution in [3.05, 3.63) is 88.5 Å². The summed E-state index contributed by atoms with van der Waals surface area (Å²) in [4.78, 5) is 27.6. The van der Waals surface area contributed by atoms with Crippen LogP contribution in [0, 0.1) is 0 Å². The van der Waals surface area contributed by atoms with E-state index in [2.05, 4.69) is 32.0 Å². The van der Waals surface area contributed by atoms with E-state index in [1.54, 1.807) is 29.2 Å². The molecule has 0 bridgehead atoms. The summed E-state index contributed by atoms with van der Waals surface area (Å²) in [7, 11) is 0. The van der Waals surface area contributed by atoms with Crippen LogP contribution in [0.4, 0.5) is 11.4 Å². The van der Waals surface area contributed by atoms with Gasteiger partial charge in [0.1, 0.15) is 11.4 Å². The van der Waals surface area contributed by atoms with Crippen LogP contribution in [0.5, 0.6) is 5.75 Å². The molecule has 0 aromatic heterocycles. The second kappa shape index (κ2) is 7.45. The highest BCUT2D eigenvalue weighted by Gasteiger charge is 2.50. The molecule has 1 atom stereocenters. The molecule has 1 N–H and O–H groups in total. The lowest BCUT2D eigenvalue weighted by molar-refractivity contribution is -0.120. The maximum atomic E-state index is 14.3. The number of aryl methyl sites for hydroxylation is 1. The molecule has 0 saturated heterocycles. The van der Waals surface area contributed by atoms with Crippen LogP contribution < -0.4 is 9.64 Å². The van der Waals surface area contributed by atoms with Gasteiger partial charge in [0.05, 0.1) is 16.7 Å². The van der Waals surface area contributed by atoms with E-state index in [4.69, 9.17) is 4.74 Å². The fourth-order valence-corrected chi connectivity index (χ4v) is 5.55. The summed E-state index contributed by atoms with van der Waals surface area (Å²) in [5.74, 6) is 0.364. The Morgan fingerprint density at radius 3 is 2.57 bits per heavy atom. The number of benzene rings is 3. The quantitative estimate of drug-likeness (QED) is 0.485. The Balaban J connectivity index is 1.51. The van der Waals surface area contributed by atoms with E-state index < -0.39 is 11.4 Å². The fraction of sp³-hybridized carbons (Fsp3) is 0.333. The van der Waals surface area contributed by atoms with Gasteiger partial charge in [-0.2, -0.15) is 0 Å². The molecular weight excluding hydrogens is 438 g/mol. The minimum atomic E-state index is -1.01. The molecule has 1 saturated carbocycles. The minimum absolute atomic E-state index is 0.0695. The fourth-order valence-electron chi connectivity index (χ4n) is 5.55. The van der Waals surface area contributed by atoms with Crippen molar-refractivity contribution < 1.29 is 19.4 Å². The first-order chi connectivity index (χ1) is 16.7. The van der Waals surface area contributed by atoms with Gasteiger partial charge in [-0.25, -0.2) is 4.79 Å². The van der Waals surface area contributed by atoms with Gasteiger partial charge in [0.2, 0.25) is 5.91 Å². The highest BCUT2D eigenvalue weighted by atomic mass is 16.5. The number of carbonyl (C=O) groups is 2. The Kier molecular flexibility index (Phi) is 4.66. The molecular formula is C30H29NO4. The maximum absolute atomic E-state index is 14.3.